The van der Waals surface area contributed by atoms with Gasteiger partial charge in [-0.1, -0.05) is 146 Å². The number of hydrogen-bond acceptors (Lipinski definition) is 8. The molecule has 4 N–H and O–H groups in total. The molecule has 8 heteroatoms. The van der Waals surface area contributed by atoms with Gasteiger partial charge >= 0.3 is 11.9 Å². The van der Waals surface area contributed by atoms with E-state index in [-0.39, 0.29) is 0 Å². The third-order valence-corrected chi connectivity index (χ3v) is 9.84. The van der Waals surface area contributed by atoms with Crippen molar-refractivity contribution < 1.29 is 28.5 Å². The average molecular weight is 747 g/mol. The Morgan fingerprint density at radius 3 is 1.11 bits per heavy atom. The minimum atomic E-state index is -1.31. The van der Waals surface area contributed by atoms with Crippen molar-refractivity contribution in [2.24, 2.45) is 11.5 Å². The summed E-state index contributed by atoms with van der Waals surface area (Å²) in [5, 5.41) is 0. The van der Waals surface area contributed by atoms with Crippen molar-refractivity contribution in [2.45, 2.75) is 50.3 Å². The van der Waals surface area contributed by atoms with Gasteiger partial charge in [0.15, 0.2) is 11.2 Å². The molecular formula is C48H46N2O6. The second-order valence-corrected chi connectivity index (χ2v) is 13.8. The monoisotopic (exact) mass is 746 g/mol. The molecule has 0 aliphatic heterocycles. The maximum absolute atomic E-state index is 13.5. The van der Waals surface area contributed by atoms with Gasteiger partial charge in [0.05, 0.1) is 12.1 Å². The molecule has 0 spiro atoms. The van der Waals surface area contributed by atoms with Gasteiger partial charge in [-0.25, -0.2) is 9.59 Å². The van der Waals surface area contributed by atoms with Crippen molar-refractivity contribution >= 4 is 11.9 Å². The van der Waals surface area contributed by atoms with E-state index in [0.29, 0.717) is 35.8 Å². The molecule has 6 aromatic carbocycles. The van der Waals surface area contributed by atoms with Gasteiger partial charge in [0.25, 0.3) is 0 Å². The van der Waals surface area contributed by atoms with Crippen LogP contribution in [0.2, 0.25) is 0 Å². The molecule has 0 aliphatic rings. The number of carbonyl (C=O) groups excluding carboxylic acids is 2. The summed E-state index contributed by atoms with van der Waals surface area (Å²) >= 11 is 0. The fraction of sp³-hybridized carbons (Fsp3) is 0.167. The summed E-state index contributed by atoms with van der Waals surface area (Å²) in [7, 11) is 0. The standard InChI is InChI=1S/C48H46N2O6/c1-47(39-19-11-5-12-20-39,45(49)37-23-27-41(28-24-37)53-33-35-15-7-3-8-16-35)55-43(51)31-32-44(52)56-48(2,40-21-13-6-14-22-40)46(50)38-25-29-42(30-26-38)54-34-36-17-9-4-10-18-36/h3-32,45-46H,33-34,49-50H2,1-2H3/b32-31-. The molecule has 284 valence electrons. The number of carbonyl (C=O) groups is 2. The van der Waals surface area contributed by atoms with E-state index in [2.05, 4.69) is 0 Å². The van der Waals surface area contributed by atoms with Crippen LogP contribution in [0, 0.1) is 0 Å². The molecule has 6 rings (SSSR count). The lowest BCUT2D eigenvalue weighted by Crippen LogP contribution is -2.40. The largest absolute Gasteiger partial charge is 0.489 e. The summed E-state index contributed by atoms with van der Waals surface area (Å²) in [5.41, 5.74) is 16.0. The summed E-state index contributed by atoms with van der Waals surface area (Å²) in [5.74, 6) is -0.194. The molecule has 0 aromatic heterocycles. The van der Waals surface area contributed by atoms with E-state index in [4.69, 9.17) is 30.4 Å². The smallest absolute Gasteiger partial charge is 0.331 e. The molecule has 0 bridgehead atoms. The SMILES string of the molecule is CC(OC(=O)/C=C\C(=O)OC(C)(c1ccccc1)C(N)c1ccc(OCc2ccccc2)cc1)(c1ccccc1)C(N)c1ccc(OCc2ccccc2)cc1. The van der Waals surface area contributed by atoms with Crippen LogP contribution in [-0.4, -0.2) is 11.9 Å². The Balaban J connectivity index is 1.15. The van der Waals surface area contributed by atoms with Crippen molar-refractivity contribution in [3.05, 3.63) is 215 Å². The molecule has 0 amide bonds. The Bertz CT molecular complexity index is 2020. The highest BCUT2D eigenvalue weighted by atomic mass is 16.6. The van der Waals surface area contributed by atoms with Crippen LogP contribution in [0.1, 0.15) is 59.3 Å². The van der Waals surface area contributed by atoms with Crippen molar-refractivity contribution in [1.82, 2.24) is 0 Å². The molecule has 0 saturated heterocycles. The number of rotatable bonds is 16. The Kier molecular flexibility index (Phi) is 12.8. The van der Waals surface area contributed by atoms with E-state index in [0.717, 1.165) is 34.4 Å². The van der Waals surface area contributed by atoms with E-state index in [1.165, 1.54) is 0 Å². The lowest BCUT2D eigenvalue weighted by atomic mass is 9.84. The van der Waals surface area contributed by atoms with Gasteiger partial charge in [-0.15, -0.1) is 0 Å². The zero-order chi connectivity index (χ0) is 39.4. The summed E-state index contributed by atoms with van der Waals surface area (Å²) in [6.45, 7) is 4.35. The molecular weight excluding hydrogens is 701 g/mol. The van der Waals surface area contributed by atoms with Gasteiger partial charge in [0.1, 0.15) is 24.7 Å². The minimum Gasteiger partial charge on any atom is -0.489 e. The minimum absolute atomic E-state index is 0.425. The Morgan fingerprint density at radius 2 is 0.786 bits per heavy atom. The molecule has 0 aliphatic carbocycles. The number of ether oxygens (including phenoxy) is 4. The van der Waals surface area contributed by atoms with E-state index in [9.17, 15) is 9.59 Å². The maximum atomic E-state index is 13.5. The second kappa shape index (κ2) is 18.2. The lowest BCUT2D eigenvalue weighted by Gasteiger charge is -2.36. The Labute approximate surface area is 328 Å². The quantitative estimate of drug-likeness (QED) is 0.0743. The zero-order valence-corrected chi connectivity index (χ0v) is 31.5. The average Bonchev–Trinajstić information content (AvgIpc) is 3.25. The van der Waals surface area contributed by atoms with Crippen LogP contribution < -0.4 is 20.9 Å². The zero-order valence-electron chi connectivity index (χ0n) is 31.5. The molecule has 8 nitrogen and oxygen atoms in total. The first-order valence-corrected chi connectivity index (χ1v) is 18.4. The fourth-order valence-corrected chi connectivity index (χ4v) is 6.42. The predicted octanol–water partition coefficient (Wildman–Crippen LogP) is 9.02. The molecule has 4 atom stereocenters. The van der Waals surface area contributed by atoms with E-state index in [1.807, 2.05) is 170 Å². The highest BCUT2D eigenvalue weighted by molar-refractivity contribution is 5.92. The summed E-state index contributed by atoms with van der Waals surface area (Å²) in [4.78, 5) is 27.0. The first kappa shape index (κ1) is 39.2. The molecule has 0 radical (unpaired) electrons. The first-order chi connectivity index (χ1) is 27.1. The van der Waals surface area contributed by atoms with Gasteiger partial charge in [0.2, 0.25) is 0 Å². The van der Waals surface area contributed by atoms with Crippen molar-refractivity contribution in [1.29, 1.82) is 0 Å². The van der Waals surface area contributed by atoms with Crippen LogP contribution in [0.3, 0.4) is 0 Å². The van der Waals surface area contributed by atoms with Gasteiger partial charge in [0, 0.05) is 12.2 Å². The van der Waals surface area contributed by atoms with Crippen LogP contribution in [0.25, 0.3) is 0 Å². The van der Waals surface area contributed by atoms with Gasteiger partial charge in [-0.3, -0.25) is 0 Å². The summed E-state index contributed by atoms with van der Waals surface area (Å²) < 4.78 is 24.1. The molecule has 6 aromatic rings. The van der Waals surface area contributed by atoms with Crippen LogP contribution in [0.4, 0.5) is 0 Å². The van der Waals surface area contributed by atoms with E-state index < -0.39 is 35.2 Å². The first-order valence-electron chi connectivity index (χ1n) is 18.4. The van der Waals surface area contributed by atoms with Crippen LogP contribution in [-0.2, 0) is 43.5 Å². The van der Waals surface area contributed by atoms with Crippen LogP contribution in [0.15, 0.2) is 182 Å². The van der Waals surface area contributed by atoms with Crippen molar-refractivity contribution in [2.75, 3.05) is 0 Å². The van der Waals surface area contributed by atoms with Gasteiger partial charge < -0.3 is 30.4 Å². The highest BCUT2D eigenvalue weighted by Crippen LogP contribution is 2.39. The third-order valence-electron chi connectivity index (χ3n) is 9.84. The number of benzene rings is 6. The number of nitrogens with two attached hydrogens (primary N) is 2. The van der Waals surface area contributed by atoms with Crippen LogP contribution >= 0.6 is 0 Å². The second-order valence-electron chi connectivity index (χ2n) is 13.8. The van der Waals surface area contributed by atoms with Crippen molar-refractivity contribution in [3.63, 3.8) is 0 Å². The summed E-state index contributed by atoms with van der Waals surface area (Å²) in [6, 6.07) is 51.5. The van der Waals surface area contributed by atoms with Gasteiger partial charge in [-0.2, -0.15) is 0 Å². The van der Waals surface area contributed by atoms with Crippen molar-refractivity contribution in [3.8, 4) is 11.5 Å². The molecule has 0 fully saturated rings. The third kappa shape index (κ3) is 9.78. The highest BCUT2D eigenvalue weighted by Gasteiger charge is 2.40. The maximum Gasteiger partial charge on any atom is 0.331 e. The van der Waals surface area contributed by atoms with Crippen LogP contribution in [0.5, 0.6) is 11.5 Å². The van der Waals surface area contributed by atoms with Gasteiger partial charge in [-0.05, 0) is 71.5 Å². The van der Waals surface area contributed by atoms with E-state index >= 15 is 0 Å². The summed E-state index contributed by atoms with van der Waals surface area (Å²) in [6.07, 6.45) is 2.10. The Hall–Kier alpha value is -6.48. The molecule has 0 saturated carbocycles. The topological polar surface area (TPSA) is 123 Å². The predicted molar refractivity (Wildman–Crippen MR) is 217 cm³/mol. The van der Waals surface area contributed by atoms with E-state index in [1.54, 1.807) is 13.8 Å². The number of esters is 2. The fourth-order valence-electron chi connectivity index (χ4n) is 6.42. The molecule has 56 heavy (non-hydrogen) atoms. The normalized spacial score (nSPS) is 14.4. The Morgan fingerprint density at radius 1 is 0.482 bits per heavy atom. The molecule has 4 unspecified atom stereocenters. The lowest BCUT2D eigenvalue weighted by molar-refractivity contribution is -0.158. The molecule has 0 heterocycles. The number of hydrogen-bond donors (Lipinski definition) is 2.